The maximum atomic E-state index is 13.4. The molecule has 0 aromatic carbocycles. The van der Waals surface area contributed by atoms with Gasteiger partial charge in [0.05, 0.1) is 0 Å². The molecule has 0 spiro atoms. The molecule has 2 rings (SSSR count). The van der Waals surface area contributed by atoms with Crippen molar-refractivity contribution < 1.29 is 5.11 Å². The molecule has 1 aliphatic rings. The lowest BCUT2D eigenvalue weighted by atomic mass is 9.83. The van der Waals surface area contributed by atoms with Gasteiger partial charge in [-0.1, -0.05) is 47.0 Å². The van der Waals surface area contributed by atoms with Crippen molar-refractivity contribution in [2.45, 2.75) is 98.6 Å². The second kappa shape index (κ2) is 10.3. The molecule has 7 nitrogen and oxygen atoms in total. The Labute approximate surface area is 180 Å². The first kappa shape index (κ1) is 24.2. The minimum atomic E-state index is -0.531. The molecule has 1 aliphatic carbocycles. The quantitative estimate of drug-likeness (QED) is 0.444. The van der Waals surface area contributed by atoms with E-state index < -0.39 is 11.2 Å². The number of aromatic hydroxyl groups is 1. The van der Waals surface area contributed by atoms with E-state index in [0.29, 0.717) is 25.4 Å². The minimum absolute atomic E-state index is 0.00216. The van der Waals surface area contributed by atoms with E-state index >= 15 is 0 Å². The normalized spacial score (nSPS) is 16.9. The van der Waals surface area contributed by atoms with Crippen LogP contribution in [0, 0.1) is 11.3 Å². The van der Waals surface area contributed by atoms with Crippen LogP contribution in [0.3, 0.4) is 0 Å². The predicted molar refractivity (Wildman–Crippen MR) is 122 cm³/mol. The van der Waals surface area contributed by atoms with Crippen LogP contribution in [0.4, 0.5) is 0 Å². The van der Waals surface area contributed by atoms with E-state index in [-0.39, 0.29) is 28.7 Å². The fourth-order valence-electron chi connectivity index (χ4n) is 4.32. The van der Waals surface area contributed by atoms with Crippen molar-refractivity contribution in [1.82, 2.24) is 9.13 Å². The van der Waals surface area contributed by atoms with E-state index in [2.05, 4.69) is 25.8 Å². The van der Waals surface area contributed by atoms with Gasteiger partial charge in [-0.3, -0.25) is 18.9 Å². The summed E-state index contributed by atoms with van der Waals surface area (Å²) < 4.78 is 2.69. The average molecular weight is 421 g/mol. The summed E-state index contributed by atoms with van der Waals surface area (Å²) in [6.07, 6.45) is 7.65. The topological polar surface area (TPSA) is 103 Å². The van der Waals surface area contributed by atoms with Crippen molar-refractivity contribution in [2.24, 2.45) is 22.1 Å². The van der Waals surface area contributed by atoms with Crippen LogP contribution in [0.2, 0.25) is 0 Å². The third kappa shape index (κ3) is 5.35. The number of hydrogen-bond acceptors (Lipinski definition) is 4. The van der Waals surface area contributed by atoms with Crippen LogP contribution in [0.25, 0.3) is 0 Å². The minimum Gasteiger partial charge on any atom is -0.494 e. The van der Waals surface area contributed by atoms with Crippen LogP contribution >= 0.6 is 0 Å². The lowest BCUT2D eigenvalue weighted by molar-refractivity contribution is 0.267. The number of nitrogens with two attached hydrogens (primary N) is 1. The number of amidine groups is 1. The molecule has 7 heteroatoms. The first-order valence-corrected chi connectivity index (χ1v) is 11.5. The molecule has 1 aromatic heterocycles. The van der Waals surface area contributed by atoms with Gasteiger partial charge < -0.3 is 10.8 Å². The summed E-state index contributed by atoms with van der Waals surface area (Å²) >= 11 is 0. The van der Waals surface area contributed by atoms with Gasteiger partial charge in [0.15, 0.2) is 0 Å². The van der Waals surface area contributed by atoms with Crippen molar-refractivity contribution in [1.29, 1.82) is 0 Å². The van der Waals surface area contributed by atoms with Crippen molar-refractivity contribution in [3.05, 3.63) is 26.4 Å². The Morgan fingerprint density at radius 2 is 1.87 bits per heavy atom. The summed E-state index contributed by atoms with van der Waals surface area (Å²) in [5.74, 6) is -0.0138. The fraction of sp³-hybridized carbons (Fsp3) is 0.783. The summed E-state index contributed by atoms with van der Waals surface area (Å²) in [6.45, 7) is 11.2. The Hall–Kier alpha value is -2.05. The van der Waals surface area contributed by atoms with Crippen LogP contribution in [-0.4, -0.2) is 26.6 Å². The molecular weight excluding hydrogens is 380 g/mol. The Bertz CT molecular complexity index is 860. The zero-order chi connectivity index (χ0) is 22.5. The van der Waals surface area contributed by atoms with E-state index in [1.165, 1.54) is 9.13 Å². The van der Waals surface area contributed by atoms with Gasteiger partial charge in [0.2, 0.25) is 5.88 Å². The smallest absolute Gasteiger partial charge is 0.334 e. The second-order valence-electron chi connectivity index (χ2n) is 9.40. The molecule has 1 fully saturated rings. The first-order valence-electron chi connectivity index (χ1n) is 11.5. The number of aromatic nitrogens is 2. The van der Waals surface area contributed by atoms with Gasteiger partial charge in [-0.15, -0.1) is 0 Å². The van der Waals surface area contributed by atoms with Gasteiger partial charge in [0.1, 0.15) is 11.4 Å². The number of aliphatic imine (C=N–C) groups is 1. The third-order valence-electron chi connectivity index (χ3n) is 6.80. The Balaban J connectivity index is 2.61. The van der Waals surface area contributed by atoms with Crippen molar-refractivity contribution in [3.63, 3.8) is 0 Å². The SMILES string of the molecule is CCN=C(N)c1c(O)n(CC2CCCC2)c(=O)n(C(CC)CCC(C)(C)CC)c1=O. The highest BCUT2D eigenvalue weighted by atomic mass is 16.3. The summed E-state index contributed by atoms with van der Waals surface area (Å²) in [5, 5.41) is 10.9. The molecule has 1 saturated carbocycles. The number of hydrogen-bond donors (Lipinski definition) is 2. The van der Waals surface area contributed by atoms with E-state index in [1.807, 2.05) is 13.8 Å². The van der Waals surface area contributed by atoms with Gasteiger partial charge in [-0.05, 0) is 50.4 Å². The predicted octanol–water partition coefficient (Wildman–Crippen LogP) is 3.80. The Morgan fingerprint density at radius 1 is 1.23 bits per heavy atom. The molecule has 0 radical (unpaired) electrons. The Morgan fingerprint density at radius 3 is 2.40 bits per heavy atom. The molecule has 3 N–H and O–H groups in total. The summed E-state index contributed by atoms with van der Waals surface area (Å²) in [7, 11) is 0. The molecule has 30 heavy (non-hydrogen) atoms. The van der Waals surface area contributed by atoms with E-state index in [9.17, 15) is 14.7 Å². The maximum Gasteiger partial charge on any atom is 0.334 e. The van der Waals surface area contributed by atoms with Gasteiger partial charge in [0.25, 0.3) is 5.56 Å². The standard InChI is InChI=1S/C23H40N4O3/c1-6-17(13-14-23(4,5)7-2)27-21(29)18(19(24)25-8-3)20(28)26(22(27)30)15-16-11-9-10-12-16/h16-17,28H,6-15H2,1-5H3,(H2,24,25). The highest BCUT2D eigenvalue weighted by Gasteiger charge is 2.28. The molecule has 1 unspecified atom stereocenters. The third-order valence-corrected chi connectivity index (χ3v) is 6.80. The van der Waals surface area contributed by atoms with E-state index in [0.717, 1.165) is 44.9 Å². The van der Waals surface area contributed by atoms with Crippen LogP contribution in [0.5, 0.6) is 5.88 Å². The number of rotatable bonds is 10. The highest BCUT2D eigenvalue weighted by Crippen LogP contribution is 2.31. The second-order valence-corrected chi connectivity index (χ2v) is 9.40. The van der Waals surface area contributed by atoms with Gasteiger partial charge in [-0.25, -0.2) is 4.79 Å². The zero-order valence-corrected chi connectivity index (χ0v) is 19.4. The average Bonchev–Trinajstić information content (AvgIpc) is 3.21. The van der Waals surface area contributed by atoms with Crippen LogP contribution < -0.4 is 17.0 Å². The van der Waals surface area contributed by atoms with Crippen LogP contribution in [0.1, 0.15) is 97.6 Å². The molecular formula is C23H40N4O3. The van der Waals surface area contributed by atoms with Crippen molar-refractivity contribution >= 4 is 5.84 Å². The van der Waals surface area contributed by atoms with Gasteiger partial charge >= 0.3 is 5.69 Å². The maximum absolute atomic E-state index is 13.4. The van der Waals surface area contributed by atoms with Crippen molar-refractivity contribution in [3.8, 4) is 5.88 Å². The molecule has 0 aliphatic heterocycles. The lowest BCUT2D eigenvalue weighted by Crippen LogP contribution is -2.46. The van der Waals surface area contributed by atoms with Gasteiger partial charge in [0, 0.05) is 19.1 Å². The van der Waals surface area contributed by atoms with Crippen molar-refractivity contribution in [2.75, 3.05) is 6.54 Å². The summed E-state index contributed by atoms with van der Waals surface area (Å²) in [6, 6.07) is -0.237. The molecule has 0 bridgehead atoms. The van der Waals surface area contributed by atoms with E-state index in [4.69, 9.17) is 5.73 Å². The van der Waals surface area contributed by atoms with Crippen LogP contribution in [0.15, 0.2) is 14.6 Å². The van der Waals surface area contributed by atoms with Crippen LogP contribution in [-0.2, 0) is 6.54 Å². The fourth-order valence-corrected chi connectivity index (χ4v) is 4.32. The molecule has 1 atom stereocenters. The highest BCUT2D eigenvalue weighted by molar-refractivity contribution is 5.99. The van der Waals surface area contributed by atoms with Gasteiger partial charge in [-0.2, -0.15) is 0 Å². The summed E-state index contributed by atoms with van der Waals surface area (Å²) in [4.78, 5) is 30.9. The molecule has 1 aromatic rings. The Kier molecular flexibility index (Phi) is 8.33. The summed E-state index contributed by atoms with van der Waals surface area (Å²) in [5.41, 5.74) is 5.21. The monoisotopic (exact) mass is 420 g/mol. The first-order chi connectivity index (χ1) is 14.2. The molecule has 0 amide bonds. The molecule has 0 saturated heterocycles. The zero-order valence-electron chi connectivity index (χ0n) is 19.4. The number of nitrogens with zero attached hydrogens (tertiary/aromatic N) is 3. The largest absolute Gasteiger partial charge is 0.494 e. The molecule has 170 valence electrons. The van der Waals surface area contributed by atoms with E-state index in [1.54, 1.807) is 0 Å². The lowest BCUT2D eigenvalue weighted by Gasteiger charge is -2.27. The molecule has 1 heterocycles.